The van der Waals surface area contributed by atoms with Gasteiger partial charge in [-0.05, 0) is 31.9 Å². The molecule has 0 saturated carbocycles. The van der Waals surface area contributed by atoms with Gasteiger partial charge in [-0.3, -0.25) is 0 Å². The molecule has 0 spiro atoms. The molecule has 1 atom stereocenters. The molecule has 0 heterocycles. The third-order valence-electron chi connectivity index (χ3n) is 4.33. The Hall–Kier alpha value is -1.92. The van der Waals surface area contributed by atoms with Crippen LogP contribution in [0.1, 0.15) is 45.6 Å². The van der Waals surface area contributed by atoms with Gasteiger partial charge in [0.1, 0.15) is 5.75 Å². The molecule has 6 heteroatoms. The molecule has 0 fully saturated rings. The second-order valence-corrected chi connectivity index (χ2v) is 8.32. The van der Waals surface area contributed by atoms with Crippen LogP contribution in [0.2, 0.25) is 0 Å². The Balaban J connectivity index is 3.39. The maximum absolute atomic E-state index is 13.0. The summed E-state index contributed by atoms with van der Waals surface area (Å²) in [6, 6.07) is 4.74. The molecule has 0 aliphatic rings. The SMILES string of the molecule is C=C(C)/C=C(\C=N)c1ccc(S(=O)(=O)N(C)C(CC)CCC)cc1OC. The molecule has 1 N–H and O–H groups in total. The number of allylic oxidation sites excluding steroid dienone is 3. The molecule has 144 valence electrons. The van der Waals surface area contributed by atoms with Crippen molar-refractivity contribution >= 4 is 21.8 Å². The highest BCUT2D eigenvalue weighted by Gasteiger charge is 2.27. The minimum absolute atomic E-state index is 0.0314. The Kier molecular flexibility index (Phi) is 8.24. The summed E-state index contributed by atoms with van der Waals surface area (Å²) in [5.74, 6) is 0.416. The van der Waals surface area contributed by atoms with E-state index >= 15 is 0 Å². The maximum Gasteiger partial charge on any atom is 0.243 e. The molecule has 0 bridgehead atoms. The van der Waals surface area contributed by atoms with Gasteiger partial charge < -0.3 is 10.1 Å². The quantitative estimate of drug-likeness (QED) is 0.481. The molecule has 0 aliphatic carbocycles. The summed E-state index contributed by atoms with van der Waals surface area (Å²) in [5.41, 5.74) is 2.07. The minimum atomic E-state index is -3.62. The van der Waals surface area contributed by atoms with Crippen LogP contribution >= 0.6 is 0 Å². The lowest BCUT2D eigenvalue weighted by Gasteiger charge is -2.26. The van der Waals surface area contributed by atoms with E-state index < -0.39 is 10.0 Å². The van der Waals surface area contributed by atoms with E-state index in [9.17, 15) is 8.42 Å². The average molecular weight is 379 g/mol. The summed E-state index contributed by atoms with van der Waals surface area (Å²) in [5, 5.41) is 7.62. The zero-order valence-corrected chi connectivity index (χ0v) is 17.2. The lowest BCUT2D eigenvalue weighted by atomic mass is 10.0. The second-order valence-electron chi connectivity index (χ2n) is 6.32. The van der Waals surface area contributed by atoms with E-state index in [1.165, 1.54) is 23.7 Å². The van der Waals surface area contributed by atoms with Crippen molar-refractivity contribution in [2.75, 3.05) is 14.2 Å². The summed E-state index contributed by atoms with van der Waals surface area (Å²) in [7, 11) is -0.496. The molecule has 0 aliphatic heterocycles. The van der Waals surface area contributed by atoms with Crippen LogP contribution in [0.3, 0.4) is 0 Å². The Morgan fingerprint density at radius 2 is 2.04 bits per heavy atom. The first kappa shape index (κ1) is 22.1. The Morgan fingerprint density at radius 1 is 1.38 bits per heavy atom. The van der Waals surface area contributed by atoms with Gasteiger partial charge in [-0.15, -0.1) is 0 Å². The van der Waals surface area contributed by atoms with Crippen LogP contribution in [0.25, 0.3) is 5.57 Å². The fraction of sp³-hybridized carbons (Fsp3) is 0.450. The molecule has 0 saturated heterocycles. The van der Waals surface area contributed by atoms with Gasteiger partial charge in [0.15, 0.2) is 0 Å². The van der Waals surface area contributed by atoms with Crippen molar-refractivity contribution in [2.45, 2.75) is 51.0 Å². The number of nitrogens with zero attached hydrogens (tertiary/aromatic N) is 1. The summed E-state index contributed by atoms with van der Waals surface area (Å²) in [6.45, 7) is 9.71. The predicted octanol–water partition coefficient (Wildman–Crippen LogP) is 4.50. The van der Waals surface area contributed by atoms with E-state index in [4.69, 9.17) is 10.1 Å². The van der Waals surface area contributed by atoms with E-state index in [0.717, 1.165) is 24.8 Å². The van der Waals surface area contributed by atoms with Crippen LogP contribution in [0.5, 0.6) is 5.75 Å². The number of hydrogen-bond acceptors (Lipinski definition) is 4. The van der Waals surface area contributed by atoms with Crippen LogP contribution in [0.4, 0.5) is 0 Å². The molecule has 0 aromatic heterocycles. The van der Waals surface area contributed by atoms with Crippen LogP contribution in [-0.2, 0) is 10.0 Å². The molecule has 0 amide bonds. The monoisotopic (exact) mass is 378 g/mol. The Morgan fingerprint density at radius 3 is 2.50 bits per heavy atom. The number of ether oxygens (including phenoxy) is 1. The van der Waals surface area contributed by atoms with E-state index in [2.05, 4.69) is 6.58 Å². The van der Waals surface area contributed by atoms with E-state index in [0.29, 0.717) is 16.9 Å². The highest BCUT2D eigenvalue weighted by Crippen LogP contribution is 2.30. The van der Waals surface area contributed by atoms with Gasteiger partial charge in [0.25, 0.3) is 0 Å². The highest BCUT2D eigenvalue weighted by atomic mass is 32.2. The second kappa shape index (κ2) is 9.69. The van der Waals surface area contributed by atoms with Crippen molar-refractivity contribution in [1.29, 1.82) is 5.41 Å². The topological polar surface area (TPSA) is 70.5 Å². The summed E-state index contributed by atoms with van der Waals surface area (Å²) in [6.07, 6.45) is 5.48. The van der Waals surface area contributed by atoms with E-state index in [-0.39, 0.29) is 10.9 Å². The number of nitrogens with one attached hydrogen (secondary N) is 1. The zero-order valence-electron chi connectivity index (χ0n) is 16.4. The third-order valence-corrected chi connectivity index (χ3v) is 6.23. The largest absolute Gasteiger partial charge is 0.496 e. The zero-order chi connectivity index (χ0) is 19.9. The number of benzene rings is 1. The number of hydrogen-bond donors (Lipinski definition) is 1. The van der Waals surface area contributed by atoms with Crippen molar-refractivity contribution in [3.8, 4) is 5.75 Å². The standard InChI is InChI=1S/C20H30N2O3S/c1-7-9-17(8-2)22(5)26(23,24)18-10-11-19(20(13-18)25-6)16(14-21)12-15(3)4/h10-14,17,21H,3,7-9H2,1-2,4-6H3/b16-12+,21-14?. The highest BCUT2D eigenvalue weighted by molar-refractivity contribution is 7.89. The molecule has 1 aromatic rings. The van der Waals surface area contributed by atoms with Crippen molar-refractivity contribution < 1.29 is 13.2 Å². The Labute approximate surface area is 157 Å². The van der Waals surface area contributed by atoms with Gasteiger partial charge in [0.2, 0.25) is 10.0 Å². The van der Waals surface area contributed by atoms with Crippen molar-refractivity contribution in [3.05, 3.63) is 42.0 Å². The average Bonchev–Trinajstić information content (AvgIpc) is 2.62. The van der Waals surface area contributed by atoms with Gasteiger partial charge in [-0.25, -0.2) is 8.42 Å². The van der Waals surface area contributed by atoms with Gasteiger partial charge >= 0.3 is 0 Å². The van der Waals surface area contributed by atoms with Gasteiger partial charge in [-0.1, -0.05) is 38.5 Å². The summed E-state index contributed by atoms with van der Waals surface area (Å²) in [4.78, 5) is 0.190. The molecular formula is C20H30N2O3S. The number of sulfonamides is 1. The van der Waals surface area contributed by atoms with Crippen molar-refractivity contribution in [3.63, 3.8) is 0 Å². The maximum atomic E-state index is 13.0. The van der Waals surface area contributed by atoms with E-state index in [1.54, 1.807) is 25.3 Å². The van der Waals surface area contributed by atoms with Crippen LogP contribution in [0, 0.1) is 5.41 Å². The molecule has 5 nitrogen and oxygen atoms in total. The first-order valence-electron chi connectivity index (χ1n) is 8.76. The summed E-state index contributed by atoms with van der Waals surface area (Å²) >= 11 is 0. The molecule has 1 aromatic carbocycles. The van der Waals surface area contributed by atoms with Crippen LogP contribution in [-0.4, -0.2) is 39.1 Å². The van der Waals surface area contributed by atoms with Gasteiger partial charge in [0.05, 0.1) is 12.0 Å². The molecule has 0 radical (unpaired) electrons. The van der Waals surface area contributed by atoms with Gasteiger partial charge in [0, 0.05) is 36.5 Å². The fourth-order valence-corrected chi connectivity index (χ4v) is 4.35. The van der Waals surface area contributed by atoms with Crippen molar-refractivity contribution in [2.24, 2.45) is 0 Å². The number of methoxy groups -OCH3 is 1. The fourth-order valence-electron chi connectivity index (χ4n) is 2.87. The molecular weight excluding hydrogens is 348 g/mol. The number of rotatable bonds is 10. The smallest absolute Gasteiger partial charge is 0.243 e. The first-order chi connectivity index (χ1) is 12.2. The Bertz CT molecular complexity index is 782. The van der Waals surface area contributed by atoms with Gasteiger partial charge in [-0.2, -0.15) is 4.31 Å². The molecule has 1 rings (SSSR count). The lowest BCUT2D eigenvalue weighted by molar-refractivity contribution is 0.338. The summed E-state index contributed by atoms with van der Waals surface area (Å²) < 4.78 is 32.9. The normalized spacial score (nSPS) is 13.5. The minimum Gasteiger partial charge on any atom is -0.496 e. The van der Waals surface area contributed by atoms with Crippen LogP contribution in [0.15, 0.2) is 41.3 Å². The first-order valence-corrected chi connectivity index (χ1v) is 10.2. The van der Waals surface area contributed by atoms with Crippen molar-refractivity contribution in [1.82, 2.24) is 4.31 Å². The molecule has 1 unspecified atom stereocenters. The third kappa shape index (κ3) is 5.05. The molecule has 26 heavy (non-hydrogen) atoms. The van der Waals surface area contributed by atoms with E-state index in [1.807, 2.05) is 20.8 Å². The predicted molar refractivity (Wildman–Crippen MR) is 109 cm³/mol. The van der Waals surface area contributed by atoms with Crippen LogP contribution < -0.4 is 4.74 Å². The lowest BCUT2D eigenvalue weighted by Crippen LogP contribution is -2.36.